The number of carbonyl (C=O) groups excluding carboxylic acids is 1. The fourth-order valence-corrected chi connectivity index (χ4v) is 3.17. The zero-order chi connectivity index (χ0) is 16.1. The molecule has 1 atom stereocenters. The molecule has 23 heavy (non-hydrogen) atoms. The van der Waals surface area contributed by atoms with Crippen LogP contribution in [-0.4, -0.2) is 88.5 Å². The summed E-state index contributed by atoms with van der Waals surface area (Å²) in [5.74, 6) is 0.780. The molecule has 0 radical (unpaired) electrons. The number of ether oxygens (including phenoxy) is 2. The lowest BCUT2D eigenvalue weighted by Crippen LogP contribution is -2.41. The van der Waals surface area contributed by atoms with Gasteiger partial charge in [-0.15, -0.1) is 5.10 Å². The molecule has 2 saturated heterocycles. The van der Waals surface area contributed by atoms with Crippen molar-refractivity contribution in [2.45, 2.75) is 32.0 Å². The number of carbonyl (C=O) groups is 1. The normalized spacial score (nSPS) is 22.7. The van der Waals surface area contributed by atoms with E-state index in [1.165, 1.54) is 0 Å². The van der Waals surface area contributed by atoms with Gasteiger partial charge < -0.3 is 14.4 Å². The van der Waals surface area contributed by atoms with E-state index in [9.17, 15) is 4.79 Å². The molecule has 1 aromatic heterocycles. The van der Waals surface area contributed by atoms with E-state index in [0.29, 0.717) is 13.2 Å². The van der Waals surface area contributed by atoms with Crippen LogP contribution in [0.1, 0.15) is 18.7 Å². The highest BCUT2D eigenvalue weighted by Gasteiger charge is 2.29. The topological polar surface area (TPSA) is 85.6 Å². The second-order valence-electron chi connectivity index (χ2n) is 5.98. The van der Waals surface area contributed by atoms with Gasteiger partial charge in [0.1, 0.15) is 6.54 Å². The van der Waals surface area contributed by atoms with Crippen LogP contribution in [0.3, 0.4) is 0 Å². The lowest BCUT2D eigenvalue weighted by Gasteiger charge is -2.26. The first-order valence-electron chi connectivity index (χ1n) is 8.11. The third-order valence-electron chi connectivity index (χ3n) is 4.42. The van der Waals surface area contributed by atoms with Crippen molar-refractivity contribution in [2.75, 3.05) is 46.6 Å². The molecule has 0 spiro atoms. The molecule has 1 aromatic rings. The number of rotatable bonds is 6. The van der Waals surface area contributed by atoms with Crippen LogP contribution in [0.25, 0.3) is 0 Å². The molecule has 0 aliphatic carbocycles. The Hall–Kier alpha value is -1.58. The molecule has 9 heteroatoms. The molecular weight excluding hydrogens is 300 g/mol. The Morgan fingerprint density at radius 3 is 2.96 bits per heavy atom. The number of methoxy groups -OCH3 is 1. The molecule has 1 amide bonds. The maximum absolute atomic E-state index is 12.6. The number of nitrogens with zero attached hydrogens (tertiary/aromatic N) is 6. The van der Waals surface area contributed by atoms with Gasteiger partial charge in [-0.2, -0.15) is 0 Å². The molecule has 0 unspecified atom stereocenters. The van der Waals surface area contributed by atoms with Gasteiger partial charge in [0.05, 0.1) is 32.4 Å². The standard InChI is InChI=1S/C14H24N6O3/c1-22-11-12-3-2-4-19(12)14(21)10-20-13(15-16-17-20)9-18-5-7-23-8-6-18/h12H,2-11H2,1H3/t12-/m0/s1. The van der Waals surface area contributed by atoms with Crippen molar-refractivity contribution in [1.29, 1.82) is 0 Å². The van der Waals surface area contributed by atoms with Gasteiger partial charge in [-0.25, -0.2) is 4.68 Å². The van der Waals surface area contributed by atoms with Crippen molar-refractivity contribution in [3.63, 3.8) is 0 Å². The van der Waals surface area contributed by atoms with Gasteiger partial charge in [-0.05, 0) is 23.3 Å². The van der Waals surface area contributed by atoms with Crippen molar-refractivity contribution in [1.82, 2.24) is 30.0 Å². The average Bonchev–Trinajstić information content (AvgIpc) is 3.19. The molecule has 9 nitrogen and oxygen atoms in total. The molecule has 0 N–H and O–H groups in total. The first-order chi connectivity index (χ1) is 11.3. The van der Waals surface area contributed by atoms with E-state index in [-0.39, 0.29) is 18.5 Å². The van der Waals surface area contributed by atoms with Crippen molar-refractivity contribution < 1.29 is 14.3 Å². The van der Waals surface area contributed by atoms with E-state index in [4.69, 9.17) is 9.47 Å². The Labute approximate surface area is 135 Å². The largest absolute Gasteiger partial charge is 0.383 e. The Balaban J connectivity index is 1.59. The number of hydrogen-bond donors (Lipinski definition) is 0. The minimum Gasteiger partial charge on any atom is -0.383 e. The monoisotopic (exact) mass is 324 g/mol. The van der Waals surface area contributed by atoms with Gasteiger partial charge >= 0.3 is 0 Å². The van der Waals surface area contributed by atoms with Crippen LogP contribution in [-0.2, 0) is 27.4 Å². The molecule has 0 aromatic carbocycles. The fourth-order valence-electron chi connectivity index (χ4n) is 3.17. The molecule has 2 aliphatic rings. The van der Waals surface area contributed by atoms with Crippen LogP contribution in [0.5, 0.6) is 0 Å². The Morgan fingerprint density at radius 1 is 1.35 bits per heavy atom. The number of likely N-dealkylation sites (tertiary alicyclic amines) is 1. The quantitative estimate of drug-likeness (QED) is 0.673. The van der Waals surface area contributed by atoms with Crippen molar-refractivity contribution in [3.05, 3.63) is 5.82 Å². The second kappa shape index (κ2) is 7.80. The predicted molar refractivity (Wildman–Crippen MR) is 80.5 cm³/mol. The van der Waals surface area contributed by atoms with Crippen LogP contribution >= 0.6 is 0 Å². The van der Waals surface area contributed by atoms with E-state index in [0.717, 1.165) is 51.5 Å². The van der Waals surface area contributed by atoms with Gasteiger partial charge in [0, 0.05) is 26.7 Å². The van der Waals surface area contributed by atoms with Gasteiger partial charge in [-0.3, -0.25) is 9.69 Å². The Kier molecular flexibility index (Phi) is 5.52. The summed E-state index contributed by atoms with van der Waals surface area (Å²) in [5.41, 5.74) is 0. The van der Waals surface area contributed by atoms with E-state index < -0.39 is 0 Å². The Bertz CT molecular complexity index is 516. The average molecular weight is 324 g/mol. The summed E-state index contributed by atoms with van der Waals surface area (Å²) in [7, 11) is 1.67. The number of hydrogen-bond acceptors (Lipinski definition) is 7. The Morgan fingerprint density at radius 2 is 2.17 bits per heavy atom. The third kappa shape index (κ3) is 4.04. The van der Waals surface area contributed by atoms with Crippen molar-refractivity contribution >= 4 is 5.91 Å². The molecule has 2 aliphatic heterocycles. The second-order valence-corrected chi connectivity index (χ2v) is 5.98. The highest BCUT2D eigenvalue weighted by Crippen LogP contribution is 2.18. The number of amides is 1. The van der Waals surface area contributed by atoms with Crippen LogP contribution in [0.15, 0.2) is 0 Å². The summed E-state index contributed by atoms with van der Waals surface area (Å²) in [5, 5.41) is 11.8. The van der Waals surface area contributed by atoms with E-state index >= 15 is 0 Å². The molecule has 0 bridgehead atoms. The van der Waals surface area contributed by atoms with Crippen LogP contribution in [0, 0.1) is 0 Å². The van der Waals surface area contributed by atoms with Gasteiger partial charge in [0.2, 0.25) is 5.91 Å². The summed E-state index contributed by atoms with van der Waals surface area (Å²) in [4.78, 5) is 16.7. The van der Waals surface area contributed by atoms with E-state index in [1.54, 1.807) is 11.8 Å². The van der Waals surface area contributed by atoms with Crippen LogP contribution < -0.4 is 0 Å². The lowest BCUT2D eigenvalue weighted by molar-refractivity contribution is -0.133. The fraction of sp³-hybridized carbons (Fsp3) is 0.857. The summed E-state index contributed by atoms with van der Waals surface area (Å²) in [6.07, 6.45) is 2.02. The maximum atomic E-state index is 12.6. The number of aromatic nitrogens is 4. The molecule has 3 rings (SSSR count). The minimum atomic E-state index is 0.0556. The lowest BCUT2D eigenvalue weighted by atomic mass is 10.2. The van der Waals surface area contributed by atoms with Gasteiger partial charge in [0.15, 0.2) is 5.82 Å². The zero-order valence-corrected chi connectivity index (χ0v) is 13.6. The van der Waals surface area contributed by atoms with Crippen molar-refractivity contribution in [3.8, 4) is 0 Å². The highest BCUT2D eigenvalue weighted by atomic mass is 16.5. The number of tetrazole rings is 1. The SMILES string of the molecule is COC[C@@H]1CCCN1C(=O)Cn1nnnc1CN1CCOCC1. The highest BCUT2D eigenvalue weighted by molar-refractivity contribution is 5.76. The third-order valence-corrected chi connectivity index (χ3v) is 4.42. The van der Waals surface area contributed by atoms with E-state index in [2.05, 4.69) is 20.4 Å². The van der Waals surface area contributed by atoms with Gasteiger partial charge in [0.25, 0.3) is 0 Å². The molecule has 3 heterocycles. The van der Waals surface area contributed by atoms with Crippen LogP contribution in [0.4, 0.5) is 0 Å². The summed E-state index contributed by atoms with van der Waals surface area (Å²) < 4.78 is 12.2. The molecule has 2 fully saturated rings. The first kappa shape index (κ1) is 16.3. The smallest absolute Gasteiger partial charge is 0.244 e. The van der Waals surface area contributed by atoms with Crippen molar-refractivity contribution in [2.24, 2.45) is 0 Å². The number of morpholine rings is 1. The first-order valence-corrected chi connectivity index (χ1v) is 8.11. The zero-order valence-electron chi connectivity index (χ0n) is 13.6. The molecular formula is C14H24N6O3. The summed E-state index contributed by atoms with van der Waals surface area (Å²) >= 11 is 0. The van der Waals surface area contributed by atoms with Crippen LogP contribution in [0.2, 0.25) is 0 Å². The molecule has 128 valence electrons. The van der Waals surface area contributed by atoms with E-state index in [1.807, 2.05) is 4.90 Å². The minimum absolute atomic E-state index is 0.0556. The summed E-state index contributed by atoms with van der Waals surface area (Å²) in [6, 6.07) is 0.173. The summed E-state index contributed by atoms with van der Waals surface area (Å²) in [6.45, 7) is 5.39. The maximum Gasteiger partial charge on any atom is 0.244 e. The van der Waals surface area contributed by atoms with Gasteiger partial charge in [-0.1, -0.05) is 0 Å². The predicted octanol–water partition coefficient (Wildman–Crippen LogP) is -0.857. The molecule has 0 saturated carbocycles.